The van der Waals surface area contributed by atoms with Gasteiger partial charge in [-0.2, -0.15) is 0 Å². The van der Waals surface area contributed by atoms with Crippen LogP contribution in [0.25, 0.3) is 0 Å². The van der Waals surface area contributed by atoms with Gasteiger partial charge in [-0.05, 0) is 50.1 Å². The third-order valence-corrected chi connectivity index (χ3v) is 4.46. The van der Waals surface area contributed by atoms with Gasteiger partial charge in [-0.3, -0.25) is 14.6 Å². The number of pyridine rings is 1. The van der Waals surface area contributed by atoms with E-state index in [-0.39, 0.29) is 17.5 Å². The molecule has 28 heavy (non-hydrogen) atoms. The van der Waals surface area contributed by atoms with Gasteiger partial charge in [0.15, 0.2) is 0 Å². The Morgan fingerprint density at radius 2 is 1.57 bits per heavy atom. The van der Waals surface area contributed by atoms with Crippen LogP contribution in [0.15, 0.2) is 60.8 Å². The third-order valence-electron chi connectivity index (χ3n) is 4.46. The first-order valence-electron chi connectivity index (χ1n) is 9.11. The van der Waals surface area contributed by atoms with Crippen molar-refractivity contribution in [2.45, 2.75) is 27.3 Å². The molecule has 1 aromatic heterocycles. The second-order valence-corrected chi connectivity index (χ2v) is 6.87. The van der Waals surface area contributed by atoms with E-state index >= 15 is 0 Å². The zero-order valence-electron chi connectivity index (χ0n) is 16.2. The number of nitrogens with zero attached hydrogens (tertiary/aromatic N) is 1. The standard InChI is InChI=1S/C23H23N3O2/c1-15-4-7-18(8-5-15)14-25-23(28)21-13-19(10-11-24-21)22(27)26-20-9-6-16(2)12-17(20)3/h4-13H,14H2,1-3H3,(H,25,28)(H,26,27). The summed E-state index contributed by atoms with van der Waals surface area (Å²) in [5.74, 6) is -0.594. The Balaban J connectivity index is 1.67. The van der Waals surface area contributed by atoms with Crippen LogP contribution < -0.4 is 10.6 Å². The maximum absolute atomic E-state index is 12.6. The van der Waals surface area contributed by atoms with Crippen LogP contribution in [0.5, 0.6) is 0 Å². The molecule has 0 bridgehead atoms. The van der Waals surface area contributed by atoms with Crippen LogP contribution in [-0.2, 0) is 6.54 Å². The van der Waals surface area contributed by atoms with Crippen molar-refractivity contribution >= 4 is 17.5 Å². The zero-order valence-corrected chi connectivity index (χ0v) is 16.2. The number of rotatable bonds is 5. The second kappa shape index (κ2) is 8.48. The van der Waals surface area contributed by atoms with Crippen molar-refractivity contribution in [3.05, 3.63) is 94.3 Å². The van der Waals surface area contributed by atoms with E-state index in [9.17, 15) is 9.59 Å². The Hall–Kier alpha value is -3.47. The van der Waals surface area contributed by atoms with Crippen LogP contribution in [0.1, 0.15) is 43.1 Å². The summed E-state index contributed by atoms with van der Waals surface area (Å²) in [7, 11) is 0. The molecule has 0 aliphatic carbocycles. The summed E-state index contributed by atoms with van der Waals surface area (Å²) in [4.78, 5) is 29.1. The predicted octanol–water partition coefficient (Wildman–Crippen LogP) is 4.19. The van der Waals surface area contributed by atoms with Gasteiger partial charge >= 0.3 is 0 Å². The van der Waals surface area contributed by atoms with Crippen LogP contribution in [0.2, 0.25) is 0 Å². The van der Waals surface area contributed by atoms with E-state index in [1.165, 1.54) is 17.8 Å². The number of nitrogens with one attached hydrogen (secondary N) is 2. The summed E-state index contributed by atoms with van der Waals surface area (Å²) in [6, 6.07) is 16.9. The summed E-state index contributed by atoms with van der Waals surface area (Å²) in [6.45, 7) is 6.36. The molecule has 142 valence electrons. The Kier molecular flexibility index (Phi) is 5.84. The van der Waals surface area contributed by atoms with Gasteiger partial charge < -0.3 is 10.6 Å². The first-order valence-corrected chi connectivity index (χ1v) is 9.11. The molecule has 0 atom stereocenters. The maximum atomic E-state index is 12.6. The highest BCUT2D eigenvalue weighted by Crippen LogP contribution is 2.17. The molecule has 0 spiro atoms. The SMILES string of the molecule is Cc1ccc(CNC(=O)c2cc(C(=O)Nc3ccc(C)cc3C)ccn2)cc1. The molecule has 1 heterocycles. The fourth-order valence-corrected chi connectivity index (χ4v) is 2.82. The van der Waals surface area contributed by atoms with Crippen LogP contribution >= 0.6 is 0 Å². The van der Waals surface area contributed by atoms with E-state index in [0.29, 0.717) is 12.1 Å². The molecule has 2 amide bonds. The first-order chi connectivity index (χ1) is 13.4. The fraction of sp³-hybridized carbons (Fsp3) is 0.174. The van der Waals surface area contributed by atoms with E-state index in [0.717, 1.165) is 22.4 Å². The maximum Gasteiger partial charge on any atom is 0.270 e. The molecule has 5 heteroatoms. The number of hydrogen-bond donors (Lipinski definition) is 2. The molecule has 0 fully saturated rings. The second-order valence-electron chi connectivity index (χ2n) is 6.87. The molecule has 0 radical (unpaired) electrons. The first kappa shape index (κ1) is 19.3. The highest BCUT2D eigenvalue weighted by atomic mass is 16.2. The zero-order chi connectivity index (χ0) is 20.1. The summed E-state index contributed by atoms with van der Waals surface area (Å²) >= 11 is 0. The topological polar surface area (TPSA) is 71.1 Å². The average Bonchev–Trinajstić information content (AvgIpc) is 2.69. The van der Waals surface area contributed by atoms with E-state index in [4.69, 9.17) is 0 Å². The lowest BCUT2D eigenvalue weighted by Gasteiger charge is -2.10. The number of anilines is 1. The molecule has 0 aliphatic rings. The van der Waals surface area contributed by atoms with Crippen molar-refractivity contribution in [3.8, 4) is 0 Å². The van der Waals surface area contributed by atoms with Crippen LogP contribution in [-0.4, -0.2) is 16.8 Å². The number of carbonyl (C=O) groups excluding carboxylic acids is 2. The van der Waals surface area contributed by atoms with E-state index in [2.05, 4.69) is 15.6 Å². The number of aryl methyl sites for hydroxylation is 3. The molecule has 2 aromatic carbocycles. The number of carbonyl (C=O) groups is 2. The lowest BCUT2D eigenvalue weighted by atomic mass is 10.1. The van der Waals surface area contributed by atoms with Gasteiger partial charge in [0, 0.05) is 24.0 Å². The molecule has 0 saturated carbocycles. The number of hydrogen-bond acceptors (Lipinski definition) is 3. The van der Waals surface area contributed by atoms with Crippen LogP contribution in [0.4, 0.5) is 5.69 Å². The van der Waals surface area contributed by atoms with Crippen molar-refractivity contribution in [2.75, 3.05) is 5.32 Å². The minimum atomic E-state index is -0.318. The van der Waals surface area contributed by atoms with Gasteiger partial charge in [0.25, 0.3) is 11.8 Å². The summed E-state index contributed by atoms with van der Waals surface area (Å²) in [5.41, 5.74) is 5.63. The number of aromatic nitrogens is 1. The van der Waals surface area contributed by atoms with Gasteiger partial charge in [0.1, 0.15) is 5.69 Å². The average molecular weight is 373 g/mol. The Morgan fingerprint density at radius 3 is 2.29 bits per heavy atom. The van der Waals surface area contributed by atoms with Gasteiger partial charge in [-0.1, -0.05) is 47.5 Å². The molecule has 0 unspecified atom stereocenters. The highest BCUT2D eigenvalue weighted by molar-refractivity contribution is 6.06. The molecule has 2 N–H and O–H groups in total. The minimum Gasteiger partial charge on any atom is -0.347 e. The molecule has 0 aliphatic heterocycles. The van der Waals surface area contributed by atoms with Crippen molar-refractivity contribution < 1.29 is 9.59 Å². The Labute approximate surface area is 164 Å². The van der Waals surface area contributed by atoms with Gasteiger partial charge in [-0.15, -0.1) is 0 Å². The van der Waals surface area contributed by atoms with Crippen LogP contribution in [0.3, 0.4) is 0 Å². The minimum absolute atomic E-state index is 0.209. The Morgan fingerprint density at radius 1 is 0.857 bits per heavy atom. The number of amides is 2. The van der Waals surface area contributed by atoms with E-state index < -0.39 is 0 Å². The molecule has 5 nitrogen and oxygen atoms in total. The summed E-state index contributed by atoms with van der Waals surface area (Å²) < 4.78 is 0. The number of benzene rings is 2. The van der Waals surface area contributed by atoms with Crippen LogP contribution in [0, 0.1) is 20.8 Å². The predicted molar refractivity (Wildman–Crippen MR) is 110 cm³/mol. The fourth-order valence-electron chi connectivity index (χ4n) is 2.82. The van der Waals surface area contributed by atoms with Gasteiger partial charge in [0.2, 0.25) is 0 Å². The third kappa shape index (κ3) is 4.82. The molecular formula is C23H23N3O2. The lowest BCUT2D eigenvalue weighted by Crippen LogP contribution is -2.24. The smallest absolute Gasteiger partial charge is 0.270 e. The summed E-state index contributed by atoms with van der Waals surface area (Å²) in [6.07, 6.45) is 1.47. The van der Waals surface area contributed by atoms with Crippen molar-refractivity contribution in [1.29, 1.82) is 0 Å². The lowest BCUT2D eigenvalue weighted by molar-refractivity contribution is 0.0946. The van der Waals surface area contributed by atoms with Crippen molar-refractivity contribution in [3.63, 3.8) is 0 Å². The largest absolute Gasteiger partial charge is 0.347 e. The molecule has 3 aromatic rings. The normalized spacial score (nSPS) is 10.4. The van der Waals surface area contributed by atoms with Gasteiger partial charge in [0.05, 0.1) is 0 Å². The monoisotopic (exact) mass is 373 g/mol. The van der Waals surface area contributed by atoms with Gasteiger partial charge in [-0.25, -0.2) is 0 Å². The van der Waals surface area contributed by atoms with Crippen molar-refractivity contribution in [1.82, 2.24) is 10.3 Å². The van der Waals surface area contributed by atoms with Crippen molar-refractivity contribution in [2.24, 2.45) is 0 Å². The Bertz CT molecular complexity index is 1010. The van der Waals surface area contributed by atoms with E-state index in [1.54, 1.807) is 6.07 Å². The summed E-state index contributed by atoms with van der Waals surface area (Å²) in [5, 5.41) is 5.72. The molecule has 3 rings (SSSR count). The quantitative estimate of drug-likeness (QED) is 0.704. The molecule has 0 saturated heterocycles. The molecular weight excluding hydrogens is 350 g/mol. The van der Waals surface area contributed by atoms with E-state index in [1.807, 2.05) is 63.2 Å². The highest BCUT2D eigenvalue weighted by Gasteiger charge is 2.13.